The van der Waals surface area contributed by atoms with Gasteiger partial charge >= 0.3 is 11.7 Å². The molecule has 2 aromatic carbocycles. The van der Waals surface area contributed by atoms with E-state index in [1.54, 1.807) is 12.1 Å². The number of carbonyl (C=O) groups is 1. The van der Waals surface area contributed by atoms with E-state index in [0.717, 1.165) is 23.1 Å². The number of carbonyl (C=O) groups excluding carboxylic acids is 1. The molecule has 0 fully saturated rings. The summed E-state index contributed by atoms with van der Waals surface area (Å²) in [5.74, 6) is -1.03. The Bertz CT molecular complexity index is 1140. The predicted octanol–water partition coefficient (Wildman–Crippen LogP) is 3.67. The summed E-state index contributed by atoms with van der Waals surface area (Å²) in [6.07, 6.45) is 0.448. The van der Waals surface area contributed by atoms with Crippen LogP contribution in [0.25, 0.3) is 11.0 Å². The maximum Gasteiger partial charge on any atom is 0.341 e. The molecule has 6 nitrogen and oxygen atoms in total. The predicted molar refractivity (Wildman–Crippen MR) is 98.5 cm³/mol. The Morgan fingerprint density at radius 3 is 2.75 bits per heavy atom. The number of benzene rings is 2. The van der Waals surface area contributed by atoms with Crippen molar-refractivity contribution in [3.8, 4) is 5.75 Å². The molecular formula is C20H16F2N2O4. The van der Waals surface area contributed by atoms with Gasteiger partial charge in [0, 0.05) is 24.1 Å². The minimum Gasteiger partial charge on any atom is -0.497 e. The first-order valence-electron chi connectivity index (χ1n) is 8.60. The number of hydrogen-bond donors (Lipinski definition) is 1. The van der Waals surface area contributed by atoms with Crippen LogP contribution in [0.4, 0.5) is 19.3 Å². The highest BCUT2D eigenvalue weighted by atomic mass is 19.1. The number of methoxy groups -OCH3 is 1. The standard InChI is InChI=1S/C20H16F2N2O4/c1-27-12-3-4-14-13-6-7-24(10-15(13)19(25)28-18(14)9-12)20(26)23-17-5-2-11(21)8-16(17)22/h2-5,8-9H,6-7,10H2,1H3,(H,23,26). The van der Waals surface area contributed by atoms with E-state index >= 15 is 0 Å². The van der Waals surface area contributed by atoms with Crippen LogP contribution in [0.2, 0.25) is 0 Å². The van der Waals surface area contributed by atoms with Crippen LogP contribution < -0.4 is 15.7 Å². The highest BCUT2D eigenvalue weighted by Crippen LogP contribution is 2.28. The Kier molecular flexibility index (Phi) is 4.46. The molecule has 0 spiro atoms. The molecule has 4 rings (SSSR count). The lowest BCUT2D eigenvalue weighted by Crippen LogP contribution is -2.41. The second-order valence-electron chi connectivity index (χ2n) is 6.43. The summed E-state index contributed by atoms with van der Waals surface area (Å²) in [4.78, 5) is 26.3. The zero-order valence-corrected chi connectivity index (χ0v) is 14.9. The normalized spacial score (nSPS) is 13.3. The third kappa shape index (κ3) is 3.17. The fourth-order valence-electron chi connectivity index (χ4n) is 3.33. The van der Waals surface area contributed by atoms with Gasteiger partial charge in [-0.3, -0.25) is 0 Å². The number of anilines is 1. The van der Waals surface area contributed by atoms with Gasteiger partial charge in [0.05, 0.1) is 24.9 Å². The van der Waals surface area contributed by atoms with Crippen LogP contribution in [-0.4, -0.2) is 24.6 Å². The lowest BCUT2D eigenvalue weighted by atomic mass is 9.97. The average molecular weight is 386 g/mol. The molecule has 1 aliphatic rings. The van der Waals surface area contributed by atoms with Gasteiger partial charge in [0.15, 0.2) is 0 Å². The molecule has 144 valence electrons. The SMILES string of the molecule is COc1ccc2c3c(c(=O)oc2c1)CN(C(=O)Nc1ccc(F)cc1F)CC3. The fourth-order valence-corrected chi connectivity index (χ4v) is 3.33. The lowest BCUT2D eigenvalue weighted by Gasteiger charge is -2.28. The number of hydrogen-bond acceptors (Lipinski definition) is 4. The van der Waals surface area contributed by atoms with Gasteiger partial charge in [0.2, 0.25) is 0 Å². The zero-order chi connectivity index (χ0) is 19.8. The number of halogens is 2. The van der Waals surface area contributed by atoms with Crippen molar-refractivity contribution in [2.24, 2.45) is 0 Å². The van der Waals surface area contributed by atoms with Gasteiger partial charge in [-0.05, 0) is 36.2 Å². The Labute approximate surface area is 158 Å². The van der Waals surface area contributed by atoms with Crippen LogP contribution in [0.5, 0.6) is 5.75 Å². The maximum atomic E-state index is 13.8. The van der Waals surface area contributed by atoms with E-state index in [4.69, 9.17) is 9.15 Å². The third-order valence-electron chi connectivity index (χ3n) is 4.77. The van der Waals surface area contributed by atoms with Crippen LogP contribution >= 0.6 is 0 Å². The molecular weight excluding hydrogens is 370 g/mol. The van der Waals surface area contributed by atoms with Gasteiger partial charge in [-0.25, -0.2) is 18.4 Å². The smallest absolute Gasteiger partial charge is 0.341 e. The molecule has 1 aliphatic heterocycles. The number of ether oxygens (including phenoxy) is 1. The Morgan fingerprint density at radius 1 is 1.18 bits per heavy atom. The quantitative estimate of drug-likeness (QED) is 0.682. The molecule has 1 N–H and O–H groups in total. The third-order valence-corrected chi connectivity index (χ3v) is 4.77. The second-order valence-corrected chi connectivity index (χ2v) is 6.43. The molecule has 0 bridgehead atoms. The van der Waals surface area contributed by atoms with E-state index in [1.165, 1.54) is 12.0 Å². The van der Waals surface area contributed by atoms with E-state index in [-0.39, 0.29) is 12.2 Å². The topological polar surface area (TPSA) is 71.8 Å². The van der Waals surface area contributed by atoms with Crippen molar-refractivity contribution in [2.45, 2.75) is 13.0 Å². The number of amides is 2. The lowest BCUT2D eigenvalue weighted by molar-refractivity contribution is 0.205. The number of rotatable bonds is 2. The van der Waals surface area contributed by atoms with Gasteiger partial charge in [-0.15, -0.1) is 0 Å². The Balaban J connectivity index is 1.61. The van der Waals surface area contributed by atoms with Gasteiger partial charge in [0.25, 0.3) is 0 Å². The minimum atomic E-state index is -0.870. The molecule has 0 radical (unpaired) electrons. The van der Waals surface area contributed by atoms with Gasteiger partial charge in [-0.1, -0.05) is 0 Å². The van der Waals surface area contributed by atoms with E-state index in [9.17, 15) is 18.4 Å². The van der Waals surface area contributed by atoms with E-state index in [2.05, 4.69) is 5.32 Å². The number of nitrogens with zero attached hydrogens (tertiary/aromatic N) is 1. The van der Waals surface area contributed by atoms with Crippen molar-refractivity contribution in [1.82, 2.24) is 4.90 Å². The largest absolute Gasteiger partial charge is 0.497 e. The van der Waals surface area contributed by atoms with E-state index in [1.807, 2.05) is 6.07 Å². The van der Waals surface area contributed by atoms with Crippen molar-refractivity contribution in [3.05, 3.63) is 69.6 Å². The van der Waals surface area contributed by atoms with Crippen LogP contribution in [0.3, 0.4) is 0 Å². The molecule has 0 saturated carbocycles. The van der Waals surface area contributed by atoms with Crippen LogP contribution in [0.15, 0.2) is 45.6 Å². The van der Waals surface area contributed by atoms with E-state index < -0.39 is 23.3 Å². The first-order chi connectivity index (χ1) is 13.5. The summed E-state index contributed by atoms with van der Waals surface area (Å²) in [7, 11) is 1.53. The number of nitrogens with one attached hydrogen (secondary N) is 1. The highest BCUT2D eigenvalue weighted by Gasteiger charge is 2.26. The van der Waals surface area contributed by atoms with Crippen molar-refractivity contribution in [3.63, 3.8) is 0 Å². The summed E-state index contributed by atoms with van der Waals surface area (Å²) >= 11 is 0. The second kappa shape index (κ2) is 6.95. The summed E-state index contributed by atoms with van der Waals surface area (Å²) in [5.41, 5.74) is 0.981. The van der Waals surface area contributed by atoms with Gasteiger partial charge in [-0.2, -0.15) is 0 Å². The maximum absolute atomic E-state index is 13.8. The van der Waals surface area contributed by atoms with Crippen LogP contribution in [0.1, 0.15) is 11.1 Å². The molecule has 28 heavy (non-hydrogen) atoms. The first-order valence-corrected chi connectivity index (χ1v) is 8.60. The number of fused-ring (bicyclic) bond motifs is 3. The van der Waals surface area contributed by atoms with Gasteiger partial charge < -0.3 is 19.4 Å². The molecule has 0 atom stereocenters. The van der Waals surface area contributed by atoms with Crippen molar-refractivity contribution in [1.29, 1.82) is 0 Å². The van der Waals surface area contributed by atoms with Crippen LogP contribution in [-0.2, 0) is 13.0 Å². The monoisotopic (exact) mass is 386 g/mol. The highest BCUT2D eigenvalue weighted by molar-refractivity contribution is 5.90. The minimum absolute atomic E-state index is 0.0360. The molecule has 0 unspecified atom stereocenters. The number of urea groups is 1. The molecule has 1 aromatic heterocycles. The summed E-state index contributed by atoms with van der Waals surface area (Å²) in [6.45, 7) is 0.376. The molecule has 0 saturated heterocycles. The average Bonchev–Trinajstić information content (AvgIpc) is 2.69. The first kappa shape index (κ1) is 18.0. The summed E-state index contributed by atoms with van der Waals surface area (Å²) in [6, 6.07) is 7.56. The molecule has 0 aliphatic carbocycles. The van der Waals surface area contributed by atoms with Gasteiger partial charge in [0.1, 0.15) is 23.0 Å². The Morgan fingerprint density at radius 2 is 2.00 bits per heavy atom. The van der Waals surface area contributed by atoms with Crippen molar-refractivity contribution < 1.29 is 22.7 Å². The van der Waals surface area contributed by atoms with Crippen molar-refractivity contribution >= 4 is 22.7 Å². The molecule has 3 aromatic rings. The van der Waals surface area contributed by atoms with Crippen molar-refractivity contribution in [2.75, 3.05) is 19.0 Å². The molecule has 8 heteroatoms. The van der Waals surface area contributed by atoms with E-state index in [0.29, 0.717) is 35.9 Å². The Hall–Kier alpha value is -3.42. The zero-order valence-electron chi connectivity index (χ0n) is 14.9. The molecule has 2 amide bonds. The summed E-state index contributed by atoms with van der Waals surface area (Å²) in [5, 5.41) is 3.20. The molecule has 2 heterocycles. The van der Waals surface area contributed by atoms with Crippen LogP contribution in [0, 0.1) is 11.6 Å². The summed E-state index contributed by atoms with van der Waals surface area (Å²) < 4.78 is 37.3. The fraction of sp³-hybridized carbons (Fsp3) is 0.200.